The van der Waals surface area contributed by atoms with Crippen molar-refractivity contribution >= 4 is 16.6 Å². The molecule has 0 aliphatic heterocycles. The first-order valence-electron chi connectivity index (χ1n) is 5.43. The first kappa shape index (κ1) is 10.8. The lowest BCUT2D eigenvalue weighted by Crippen LogP contribution is -2.23. The number of benzene rings is 1. The summed E-state index contributed by atoms with van der Waals surface area (Å²) in [5.41, 5.74) is 0. The van der Waals surface area contributed by atoms with Crippen LogP contribution in [-0.4, -0.2) is 28.0 Å². The summed E-state index contributed by atoms with van der Waals surface area (Å²) in [6.07, 6.45) is 2.59. The van der Waals surface area contributed by atoms with Crippen LogP contribution in [0.2, 0.25) is 0 Å². The second-order valence-corrected chi connectivity index (χ2v) is 3.71. The van der Waals surface area contributed by atoms with Gasteiger partial charge >= 0.3 is 0 Å². The Morgan fingerprint density at radius 3 is 2.94 bits per heavy atom. The summed E-state index contributed by atoms with van der Waals surface area (Å²) in [6.45, 7) is 2.12. The van der Waals surface area contributed by atoms with Crippen LogP contribution in [0.5, 0.6) is 0 Å². The van der Waals surface area contributed by atoms with Gasteiger partial charge < -0.3 is 10.4 Å². The zero-order chi connectivity index (χ0) is 11.4. The molecule has 0 bridgehead atoms. The van der Waals surface area contributed by atoms with E-state index in [2.05, 4.69) is 15.5 Å². The second kappa shape index (κ2) is 4.90. The number of hydrogen-bond donors (Lipinski definition) is 2. The normalized spacial score (nSPS) is 12.6. The van der Waals surface area contributed by atoms with Crippen LogP contribution >= 0.6 is 0 Å². The van der Waals surface area contributed by atoms with Gasteiger partial charge in [0.2, 0.25) is 0 Å². The van der Waals surface area contributed by atoms with Gasteiger partial charge in [-0.05, 0) is 6.42 Å². The molecule has 4 heteroatoms. The predicted octanol–water partition coefficient (Wildman–Crippen LogP) is 1.81. The molecule has 0 radical (unpaired) electrons. The number of rotatable bonds is 4. The fraction of sp³-hybridized carbons (Fsp3) is 0.333. The van der Waals surface area contributed by atoms with E-state index in [0.717, 1.165) is 23.0 Å². The number of hydrogen-bond acceptors (Lipinski definition) is 4. The predicted molar refractivity (Wildman–Crippen MR) is 64.3 cm³/mol. The lowest BCUT2D eigenvalue weighted by Gasteiger charge is -2.15. The Bertz CT molecular complexity index is 463. The summed E-state index contributed by atoms with van der Waals surface area (Å²) < 4.78 is 0. The van der Waals surface area contributed by atoms with E-state index in [1.807, 2.05) is 31.2 Å². The molecule has 1 heterocycles. The number of nitrogens with one attached hydrogen (secondary N) is 1. The first-order valence-corrected chi connectivity index (χ1v) is 5.43. The average Bonchev–Trinajstić information content (AvgIpc) is 2.36. The van der Waals surface area contributed by atoms with Crippen LogP contribution in [0.15, 0.2) is 30.5 Å². The molecule has 0 spiro atoms. The van der Waals surface area contributed by atoms with Gasteiger partial charge in [0, 0.05) is 10.8 Å². The molecule has 1 atom stereocenters. The van der Waals surface area contributed by atoms with Crippen LogP contribution in [0.1, 0.15) is 13.3 Å². The van der Waals surface area contributed by atoms with Crippen LogP contribution < -0.4 is 5.32 Å². The molecular formula is C12H15N3O. The van der Waals surface area contributed by atoms with Crippen molar-refractivity contribution in [2.75, 3.05) is 11.9 Å². The van der Waals surface area contributed by atoms with E-state index in [0.29, 0.717) is 0 Å². The third-order valence-electron chi connectivity index (χ3n) is 2.62. The van der Waals surface area contributed by atoms with Gasteiger partial charge in [-0.25, -0.2) is 0 Å². The van der Waals surface area contributed by atoms with Crippen molar-refractivity contribution in [1.29, 1.82) is 0 Å². The lowest BCUT2D eigenvalue weighted by molar-refractivity contribution is 0.271. The van der Waals surface area contributed by atoms with E-state index in [1.165, 1.54) is 0 Å². The molecule has 1 aromatic carbocycles. The number of aliphatic hydroxyl groups excluding tert-OH is 1. The number of aliphatic hydroxyl groups is 1. The van der Waals surface area contributed by atoms with E-state index in [1.54, 1.807) is 6.20 Å². The number of nitrogens with zero attached hydrogens (tertiary/aromatic N) is 2. The smallest absolute Gasteiger partial charge is 0.156 e. The van der Waals surface area contributed by atoms with Crippen LogP contribution in [0.4, 0.5) is 5.82 Å². The fourth-order valence-corrected chi connectivity index (χ4v) is 1.60. The second-order valence-electron chi connectivity index (χ2n) is 3.71. The summed E-state index contributed by atoms with van der Waals surface area (Å²) in [5, 5.41) is 22.4. The van der Waals surface area contributed by atoms with Gasteiger partial charge in [0.15, 0.2) is 5.82 Å². The van der Waals surface area contributed by atoms with Gasteiger partial charge in [-0.15, -0.1) is 5.10 Å². The molecule has 16 heavy (non-hydrogen) atoms. The zero-order valence-electron chi connectivity index (χ0n) is 9.22. The van der Waals surface area contributed by atoms with Crippen LogP contribution in [-0.2, 0) is 0 Å². The summed E-state index contributed by atoms with van der Waals surface area (Å²) >= 11 is 0. The summed E-state index contributed by atoms with van der Waals surface area (Å²) in [5.74, 6) is 0.735. The average molecular weight is 217 g/mol. The maximum Gasteiger partial charge on any atom is 0.156 e. The fourth-order valence-electron chi connectivity index (χ4n) is 1.60. The summed E-state index contributed by atoms with van der Waals surface area (Å²) in [4.78, 5) is 0. The highest BCUT2D eigenvalue weighted by molar-refractivity contribution is 5.90. The highest BCUT2D eigenvalue weighted by Crippen LogP contribution is 2.20. The van der Waals surface area contributed by atoms with E-state index < -0.39 is 0 Å². The molecule has 0 fully saturated rings. The topological polar surface area (TPSA) is 58.0 Å². The van der Waals surface area contributed by atoms with Gasteiger partial charge in [-0.3, -0.25) is 0 Å². The van der Waals surface area contributed by atoms with Gasteiger partial charge in [0.05, 0.1) is 18.8 Å². The van der Waals surface area contributed by atoms with Gasteiger partial charge in [0.1, 0.15) is 0 Å². The molecule has 2 aromatic rings. The SMILES string of the molecule is CCC(CO)Nc1nncc2ccccc12. The number of anilines is 1. The molecule has 1 unspecified atom stereocenters. The Morgan fingerprint density at radius 2 is 2.19 bits per heavy atom. The molecular weight excluding hydrogens is 202 g/mol. The van der Waals surface area contributed by atoms with Crippen molar-refractivity contribution in [3.63, 3.8) is 0 Å². The largest absolute Gasteiger partial charge is 0.394 e. The molecule has 4 nitrogen and oxygen atoms in total. The Balaban J connectivity index is 2.36. The molecule has 0 aliphatic carbocycles. The Hall–Kier alpha value is -1.68. The standard InChI is InChI=1S/C12H15N3O/c1-2-10(8-16)14-12-11-6-4-3-5-9(11)7-13-15-12/h3-7,10,16H,2,8H2,1H3,(H,14,15). The number of fused-ring (bicyclic) bond motifs is 1. The van der Waals surface area contributed by atoms with Crippen molar-refractivity contribution in [3.05, 3.63) is 30.5 Å². The summed E-state index contributed by atoms with van der Waals surface area (Å²) in [6, 6.07) is 7.96. The lowest BCUT2D eigenvalue weighted by atomic mass is 10.1. The zero-order valence-corrected chi connectivity index (χ0v) is 9.22. The van der Waals surface area contributed by atoms with Crippen molar-refractivity contribution in [1.82, 2.24) is 10.2 Å². The molecule has 1 aromatic heterocycles. The third-order valence-corrected chi connectivity index (χ3v) is 2.62. The van der Waals surface area contributed by atoms with E-state index >= 15 is 0 Å². The molecule has 0 saturated carbocycles. The first-order chi connectivity index (χ1) is 7.85. The maximum atomic E-state index is 9.15. The van der Waals surface area contributed by atoms with Crippen molar-refractivity contribution in [2.24, 2.45) is 0 Å². The molecule has 84 valence electrons. The molecule has 2 rings (SSSR count). The maximum absolute atomic E-state index is 9.15. The monoisotopic (exact) mass is 217 g/mol. The van der Waals surface area contributed by atoms with Crippen molar-refractivity contribution in [3.8, 4) is 0 Å². The highest BCUT2D eigenvalue weighted by atomic mass is 16.3. The quantitative estimate of drug-likeness (QED) is 0.820. The molecule has 0 saturated heterocycles. The Labute approximate surface area is 94.3 Å². The van der Waals surface area contributed by atoms with Crippen molar-refractivity contribution in [2.45, 2.75) is 19.4 Å². The highest BCUT2D eigenvalue weighted by Gasteiger charge is 2.08. The van der Waals surface area contributed by atoms with Gasteiger partial charge in [-0.1, -0.05) is 31.2 Å². The number of aromatic nitrogens is 2. The Kier molecular flexibility index (Phi) is 3.31. The van der Waals surface area contributed by atoms with E-state index in [4.69, 9.17) is 5.11 Å². The molecule has 2 N–H and O–H groups in total. The molecule has 0 amide bonds. The van der Waals surface area contributed by atoms with E-state index in [-0.39, 0.29) is 12.6 Å². The van der Waals surface area contributed by atoms with Crippen molar-refractivity contribution < 1.29 is 5.11 Å². The minimum atomic E-state index is 0.0279. The van der Waals surface area contributed by atoms with E-state index in [9.17, 15) is 0 Å². The third kappa shape index (κ3) is 2.12. The van der Waals surface area contributed by atoms with Crippen LogP contribution in [0.25, 0.3) is 10.8 Å². The summed E-state index contributed by atoms with van der Waals surface area (Å²) in [7, 11) is 0. The minimum absolute atomic E-state index is 0.0279. The Morgan fingerprint density at radius 1 is 1.38 bits per heavy atom. The molecule has 0 aliphatic rings. The van der Waals surface area contributed by atoms with Gasteiger partial charge in [-0.2, -0.15) is 5.10 Å². The van der Waals surface area contributed by atoms with Crippen LogP contribution in [0, 0.1) is 0 Å². The van der Waals surface area contributed by atoms with Crippen LogP contribution in [0.3, 0.4) is 0 Å². The minimum Gasteiger partial charge on any atom is -0.394 e. The van der Waals surface area contributed by atoms with Gasteiger partial charge in [0.25, 0.3) is 0 Å².